The fraction of sp³-hybridized carbons (Fsp3) is 0.500. The number of hydrogen-bond acceptors (Lipinski definition) is 10. The van der Waals surface area contributed by atoms with Gasteiger partial charge >= 0.3 is 0 Å². The van der Waals surface area contributed by atoms with Crippen LogP contribution in [0, 0.1) is 0 Å². The minimum Gasteiger partial charge on any atom is -0.394 e. The molecule has 0 spiro atoms. The summed E-state index contributed by atoms with van der Waals surface area (Å²) < 4.78 is 7.09. The predicted octanol–water partition coefficient (Wildman–Crippen LogP) is 0.737. The molecular formula is C24H33N7O5. The number of likely N-dealkylation sites (N-methyl/N-ethyl adjacent to an activating group) is 1. The second-order valence-electron chi connectivity index (χ2n) is 8.70. The lowest BCUT2D eigenvalue weighted by molar-refractivity contribution is -0.130. The highest BCUT2D eigenvalue weighted by Gasteiger charge is 2.44. The molecule has 12 heteroatoms. The van der Waals surface area contributed by atoms with E-state index in [2.05, 4.69) is 20.3 Å². The van der Waals surface area contributed by atoms with Crippen molar-refractivity contribution in [2.75, 3.05) is 30.7 Å². The normalized spacial score (nSPS) is 21.7. The molecular weight excluding hydrogens is 466 g/mol. The number of amides is 1. The Balaban J connectivity index is 1.65. The number of nitrogens with one attached hydrogen (secondary N) is 1. The standard InChI is InChI=1S/C24H33N7O5/c1-4-14-8-7-13(10-17(33)30(5-2)6-3)9-15(14)27-24-28-21(25)18-22(29-24)31(12-26-18)23-20(35)19(34)16(11-32)36-23/h7-9,12,16,19-20,23,32,34-35H,4-6,10-11H2,1-3H3,(H3,25,27,28,29)/t16-,19-,20-,23-/m1/s1. The zero-order valence-corrected chi connectivity index (χ0v) is 20.6. The van der Waals surface area contributed by atoms with Crippen molar-refractivity contribution in [2.24, 2.45) is 0 Å². The van der Waals surface area contributed by atoms with E-state index in [1.807, 2.05) is 39.0 Å². The highest BCUT2D eigenvalue weighted by molar-refractivity contribution is 5.84. The molecule has 6 N–H and O–H groups in total. The quantitative estimate of drug-likeness (QED) is 0.283. The van der Waals surface area contributed by atoms with Gasteiger partial charge in [0.15, 0.2) is 17.7 Å². The summed E-state index contributed by atoms with van der Waals surface area (Å²) >= 11 is 0. The van der Waals surface area contributed by atoms with Crippen LogP contribution in [0.15, 0.2) is 24.5 Å². The van der Waals surface area contributed by atoms with Crippen LogP contribution in [-0.4, -0.2) is 83.7 Å². The molecule has 0 bridgehead atoms. The van der Waals surface area contributed by atoms with Gasteiger partial charge < -0.3 is 36.0 Å². The number of aliphatic hydroxyl groups is 3. The van der Waals surface area contributed by atoms with Gasteiger partial charge in [0.05, 0.1) is 19.4 Å². The van der Waals surface area contributed by atoms with Crippen LogP contribution in [0.5, 0.6) is 0 Å². The fourth-order valence-electron chi connectivity index (χ4n) is 4.43. The number of aliphatic hydroxyl groups excluding tert-OH is 3. The largest absolute Gasteiger partial charge is 0.394 e. The molecule has 3 heterocycles. The van der Waals surface area contributed by atoms with Crippen LogP contribution in [0.2, 0.25) is 0 Å². The summed E-state index contributed by atoms with van der Waals surface area (Å²) in [6, 6.07) is 5.83. The van der Waals surface area contributed by atoms with Gasteiger partial charge in [-0.05, 0) is 37.5 Å². The van der Waals surface area contributed by atoms with E-state index in [0.717, 1.165) is 23.2 Å². The van der Waals surface area contributed by atoms with E-state index in [0.29, 0.717) is 24.3 Å². The maximum Gasteiger partial charge on any atom is 0.231 e. The number of aromatic nitrogens is 4. The van der Waals surface area contributed by atoms with Gasteiger partial charge in [0, 0.05) is 18.8 Å². The second kappa shape index (κ2) is 10.7. The van der Waals surface area contributed by atoms with E-state index in [-0.39, 0.29) is 24.1 Å². The van der Waals surface area contributed by atoms with E-state index in [9.17, 15) is 20.1 Å². The lowest BCUT2D eigenvalue weighted by Crippen LogP contribution is -2.33. The highest BCUT2D eigenvalue weighted by atomic mass is 16.6. The van der Waals surface area contributed by atoms with Crippen molar-refractivity contribution in [3.8, 4) is 0 Å². The summed E-state index contributed by atoms with van der Waals surface area (Å²) in [6.45, 7) is 6.80. The van der Waals surface area contributed by atoms with Crippen molar-refractivity contribution >= 4 is 34.5 Å². The van der Waals surface area contributed by atoms with Gasteiger partial charge in [0.2, 0.25) is 11.9 Å². The van der Waals surface area contributed by atoms with Crippen LogP contribution in [0.4, 0.5) is 17.5 Å². The Kier molecular flexibility index (Phi) is 7.69. The lowest BCUT2D eigenvalue weighted by Gasteiger charge is -2.19. The van der Waals surface area contributed by atoms with Gasteiger partial charge in [-0.15, -0.1) is 0 Å². The summed E-state index contributed by atoms with van der Waals surface area (Å²) in [5.41, 5.74) is 9.38. The zero-order valence-electron chi connectivity index (χ0n) is 20.6. The topological polar surface area (TPSA) is 172 Å². The zero-order chi connectivity index (χ0) is 26.0. The van der Waals surface area contributed by atoms with E-state index >= 15 is 0 Å². The Hall–Kier alpha value is -3.32. The SMILES string of the molecule is CCc1ccc(CC(=O)N(CC)CC)cc1Nc1nc(N)c2ncn([C@@H]3O[C@H](CO)[C@@H](O)[C@H]3O)c2n1. The third-order valence-electron chi connectivity index (χ3n) is 6.51. The number of anilines is 3. The van der Waals surface area contributed by atoms with Gasteiger partial charge in [-0.3, -0.25) is 9.36 Å². The first-order valence-corrected chi connectivity index (χ1v) is 12.1. The summed E-state index contributed by atoms with van der Waals surface area (Å²) in [5.74, 6) is 0.383. The van der Waals surface area contributed by atoms with Gasteiger partial charge in [-0.2, -0.15) is 9.97 Å². The molecule has 4 rings (SSSR count). The number of hydrogen-bond donors (Lipinski definition) is 5. The first kappa shape index (κ1) is 25.8. The summed E-state index contributed by atoms with van der Waals surface area (Å²) in [5, 5.41) is 33.2. The number of nitrogens with two attached hydrogens (primary N) is 1. The third kappa shape index (κ3) is 4.85. The second-order valence-corrected chi connectivity index (χ2v) is 8.70. The number of nitrogens with zero attached hydrogens (tertiary/aromatic N) is 5. The molecule has 0 radical (unpaired) electrons. The molecule has 194 valence electrons. The van der Waals surface area contributed by atoms with Crippen LogP contribution in [0.3, 0.4) is 0 Å². The van der Waals surface area contributed by atoms with Crippen LogP contribution in [0.1, 0.15) is 38.1 Å². The van der Waals surface area contributed by atoms with Gasteiger partial charge in [0.1, 0.15) is 23.8 Å². The molecule has 1 aromatic carbocycles. The van der Waals surface area contributed by atoms with Crippen molar-refractivity contribution < 1.29 is 24.9 Å². The summed E-state index contributed by atoms with van der Waals surface area (Å²) in [4.78, 5) is 27.5. The molecule has 4 atom stereocenters. The molecule has 12 nitrogen and oxygen atoms in total. The van der Waals surface area contributed by atoms with Crippen LogP contribution < -0.4 is 11.1 Å². The molecule has 36 heavy (non-hydrogen) atoms. The molecule has 1 aliphatic heterocycles. The minimum atomic E-state index is -1.29. The van der Waals surface area contributed by atoms with Crippen molar-refractivity contribution in [3.05, 3.63) is 35.7 Å². The van der Waals surface area contributed by atoms with Gasteiger partial charge in [-0.25, -0.2) is 4.98 Å². The molecule has 0 aliphatic carbocycles. The number of fused-ring (bicyclic) bond motifs is 1. The Morgan fingerprint density at radius 1 is 1.19 bits per heavy atom. The number of ether oxygens (including phenoxy) is 1. The number of carbonyl (C=O) groups excluding carboxylic acids is 1. The van der Waals surface area contributed by atoms with Crippen molar-refractivity contribution in [1.29, 1.82) is 0 Å². The molecule has 1 saturated heterocycles. The van der Waals surface area contributed by atoms with Crippen LogP contribution in [0.25, 0.3) is 11.2 Å². The molecule has 3 aromatic rings. The van der Waals surface area contributed by atoms with Gasteiger partial charge in [0.25, 0.3) is 0 Å². The Labute approximate surface area is 208 Å². The first-order valence-electron chi connectivity index (χ1n) is 12.1. The smallest absolute Gasteiger partial charge is 0.231 e. The third-order valence-corrected chi connectivity index (χ3v) is 6.51. The molecule has 1 fully saturated rings. The number of imidazole rings is 1. The van der Waals surface area contributed by atoms with Crippen LogP contribution >= 0.6 is 0 Å². The van der Waals surface area contributed by atoms with Crippen LogP contribution in [-0.2, 0) is 22.4 Å². The van der Waals surface area contributed by atoms with E-state index < -0.39 is 31.1 Å². The first-order chi connectivity index (χ1) is 17.3. The molecule has 0 unspecified atom stereocenters. The number of carbonyl (C=O) groups is 1. The molecule has 2 aromatic heterocycles. The summed E-state index contributed by atoms with van der Waals surface area (Å²) in [6.07, 6.45) is -2.08. The highest BCUT2D eigenvalue weighted by Crippen LogP contribution is 2.33. The molecule has 1 aliphatic rings. The predicted molar refractivity (Wildman–Crippen MR) is 133 cm³/mol. The lowest BCUT2D eigenvalue weighted by atomic mass is 10.0. The molecule has 1 amide bonds. The van der Waals surface area contributed by atoms with Crippen molar-refractivity contribution in [1.82, 2.24) is 24.4 Å². The monoisotopic (exact) mass is 499 g/mol. The summed E-state index contributed by atoms with van der Waals surface area (Å²) in [7, 11) is 0. The number of rotatable bonds is 9. The Morgan fingerprint density at radius 3 is 2.58 bits per heavy atom. The Morgan fingerprint density at radius 2 is 1.94 bits per heavy atom. The number of nitrogen functional groups attached to an aromatic ring is 1. The maximum absolute atomic E-state index is 12.6. The Bertz CT molecular complexity index is 1230. The average molecular weight is 500 g/mol. The number of benzene rings is 1. The van der Waals surface area contributed by atoms with Crippen molar-refractivity contribution in [2.45, 2.75) is 58.2 Å². The number of aryl methyl sites for hydroxylation is 1. The average Bonchev–Trinajstić information content (AvgIpc) is 3.41. The molecule has 0 saturated carbocycles. The maximum atomic E-state index is 12.6. The van der Waals surface area contributed by atoms with E-state index in [1.54, 1.807) is 4.90 Å². The van der Waals surface area contributed by atoms with Crippen molar-refractivity contribution in [3.63, 3.8) is 0 Å². The fourth-order valence-corrected chi connectivity index (χ4v) is 4.43. The van der Waals surface area contributed by atoms with E-state index in [1.165, 1.54) is 10.9 Å². The minimum absolute atomic E-state index is 0.0551. The van der Waals surface area contributed by atoms with Gasteiger partial charge in [-0.1, -0.05) is 19.1 Å². The van der Waals surface area contributed by atoms with E-state index in [4.69, 9.17) is 10.5 Å².